The van der Waals surface area contributed by atoms with Gasteiger partial charge in [-0.2, -0.15) is 5.10 Å². The van der Waals surface area contributed by atoms with E-state index < -0.39 is 6.10 Å². The van der Waals surface area contributed by atoms with E-state index in [-0.39, 0.29) is 17.1 Å². The molecular weight excluding hydrogens is 218 g/mol. The van der Waals surface area contributed by atoms with Gasteiger partial charge in [-0.15, -0.1) is 0 Å². The van der Waals surface area contributed by atoms with E-state index in [1.54, 1.807) is 6.20 Å². The van der Waals surface area contributed by atoms with Crippen LogP contribution in [0, 0.1) is 5.92 Å². The summed E-state index contributed by atoms with van der Waals surface area (Å²) in [6.45, 7) is 8.10. The van der Waals surface area contributed by atoms with Crippen molar-refractivity contribution in [2.75, 3.05) is 5.73 Å². The summed E-state index contributed by atoms with van der Waals surface area (Å²) in [6, 6.07) is 0. The van der Waals surface area contributed by atoms with Crippen molar-refractivity contribution >= 4 is 5.82 Å². The van der Waals surface area contributed by atoms with Gasteiger partial charge in [0.05, 0.1) is 23.5 Å². The van der Waals surface area contributed by atoms with E-state index in [0.29, 0.717) is 11.4 Å². The molecule has 1 aliphatic rings. The molecule has 0 bridgehead atoms. The van der Waals surface area contributed by atoms with Gasteiger partial charge in [-0.3, -0.25) is 5.10 Å². The second kappa shape index (κ2) is 3.71. The average molecular weight is 239 g/mol. The number of nitrogens with one attached hydrogen (secondary N) is 1. The Balaban J connectivity index is 2.26. The van der Waals surface area contributed by atoms with Crippen molar-refractivity contribution < 1.29 is 9.84 Å². The summed E-state index contributed by atoms with van der Waals surface area (Å²) in [5.74, 6) is 0.440. The lowest BCUT2D eigenvalue weighted by Crippen LogP contribution is -2.32. The fourth-order valence-corrected chi connectivity index (χ4v) is 2.85. The van der Waals surface area contributed by atoms with Gasteiger partial charge in [-0.05, 0) is 34.1 Å². The number of hydrogen-bond acceptors (Lipinski definition) is 4. The minimum atomic E-state index is -0.648. The van der Waals surface area contributed by atoms with Gasteiger partial charge < -0.3 is 15.6 Å². The number of nitrogens with two attached hydrogens (primary N) is 1. The predicted molar refractivity (Wildman–Crippen MR) is 65.3 cm³/mol. The summed E-state index contributed by atoms with van der Waals surface area (Å²) in [7, 11) is 0. The molecule has 2 heterocycles. The van der Waals surface area contributed by atoms with Gasteiger partial charge in [0.25, 0.3) is 0 Å². The molecule has 0 amide bonds. The highest BCUT2D eigenvalue weighted by Gasteiger charge is 2.49. The molecule has 1 fully saturated rings. The van der Waals surface area contributed by atoms with Crippen molar-refractivity contribution in [3.05, 3.63) is 11.8 Å². The van der Waals surface area contributed by atoms with E-state index in [1.807, 2.05) is 27.7 Å². The summed E-state index contributed by atoms with van der Waals surface area (Å²) < 4.78 is 5.98. The standard InChI is InChI=1S/C12H21N3O2/c1-11(2)5-8(12(3,4)17-11)9(16)7-6-14-15-10(7)13/h6,8-9,16H,5H2,1-4H3,(H3,13,14,15). The quantitative estimate of drug-likeness (QED) is 0.732. The van der Waals surface area contributed by atoms with Gasteiger partial charge in [0.2, 0.25) is 0 Å². The molecule has 2 atom stereocenters. The highest BCUT2D eigenvalue weighted by molar-refractivity contribution is 5.39. The Morgan fingerprint density at radius 1 is 1.53 bits per heavy atom. The fraction of sp³-hybridized carbons (Fsp3) is 0.750. The molecule has 0 aliphatic carbocycles. The summed E-state index contributed by atoms with van der Waals surface area (Å²) in [4.78, 5) is 0. The van der Waals surface area contributed by atoms with Crippen molar-refractivity contribution in [3.8, 4) is 0 Å². The zero-order chi connectivity index (χ0) is 12.8. The Morgan fingerprint density at radius 2 is 2.18 bits per heavy atom. The maximum absolute atomic E-state index is 10.4. The third-order valence-corrected chi connectivity index (χ3v) is 3.54. The van der Waals surface area contributed by atoms with Crippen LogP contribution in [0.15, 0.2) is 6.20 Å². The first-order chi connectivity index (χ1) is 7.73. The SMILES string of the molecule is CC1(C)CC(C(O)c2cn[nH]c2N)C(C)(C)O1. The number of H-pyrrole nitrogens is 1. The molecule has 5 nitrogen and oxygen atoms in total. The van der Waals surface area contributed by atoms with Crippen LogP contribution in [0.1, 0.15) is 45.8 Å². The molecule has 96 valence electrons. The molecule has 0 saturated carbocycles. The van der Waals surface area contributed by atoms with E-state index in [4.69, 9.17) is 10.5 Å². The van der Waals surface area contributed by atoms with Crippen molar-refractivity contribution in [1.82, 2.24) is 10.2 Å². The van der Waals surface area contributed by atoms with Crippen LogP contribution in [-0.2, 0) is 4.74 Å². The number of aliphatic hydroxyl groups is 1. The fourth-order valence-electron chi connectivity index (χ4n) is 2.85. The summed E-state index contributed by atoms with van der Waals surface area (Å²) >= 11 is 0. The summed E-state index contributed by atoms with van der Waals surface area (Å²) in [5.41, 5.74) is 5.82. The number of rotatable bonds is 2. The van der Waals surface area contributed by atoms with Crippen molar-refractivity contribution in [1.29, 1.82) is 0 Å². The van der Waals surface area contributed by atoms with Crippen molar-refractivity contribution in [2.24, 2.45) is 5.92 Å². The van der Waals surface area contributed by atoms with Crippen molar-refractivity contribution in [2.45, 2.75) is 51.4 Å². The molecular formula is C12H21N3O2. The number of nitrogens with zero attached hydrogens (tertiary/aromatic N) is 1. The second-order valence-corrected chi connectivity index (χ2v) is 5.96. The van der Waals surface area contributed by atoms with Crippen LogP contribution in [0.25, 0.3) is 0 Å². The van der Waals surface area contributed by atoms with Crippen LogP contribution in [-0.4, -0.2) is 26.5 Å². The van der Waals surface area contributed by atoms with Gasteiger partial charge in [0.1, 0.15) is 5.82 Å². The van der Waals surface area contributed by atoms with Gasteiger partial charge in [-0.25, -0.2) is 0 Å². The van der Waals surface area contributed by atoms with E-state index in [9.17, 15) is 5.11 Å². The normalized spacial score (nSPS) is 28.2. The molecule has 0 aromatic carbocycles. The van der Waals surface area contributed by atoms with Gasteiger partial charge in [0.15, 0.2) is 0 Å². The molecule has 1 saturated heterocycles. The monoisotopic (exact) mass is 239 g/mol. The zero-order valence-corrected chi connectivity index (χ0v) is 10.8. The van der Waals surface area contributed by atoms with Crippen molar-refractivity contribution in [3.63, 3.8) is 0 Å². The third-order valence-electron chi connectivity index (χ3n) is 3.54. The number of nitrogen functional groups attached to an aromatic ring is 1. The van der Waals surface area contributed by atoms with Gasteiger partial charge in [0, 0.05) is 11.5 Å². The van der Waals surface area contributed by atoms with E-state index in [2.05, 4.69) is 10.2 Å². The molecule has 0 spiro atoms. The highest BCUT2D eigenvalue weighted by atomic mass is 16.5. The van der Waals surface area contributed by atoms with E-state index in [0.717, 1.165) is 6.42 Å². The number of anilines is 1. The second-order valence-electron chi connectivity index (χ2n) is 5.96. The lowest BCUT2D eigenvalue weighted by atomic mass is 9.81. The molecule has 2 rings (SSSR count). The van der Waals surface area contributed by atoms with Gasteiger partial charge in [-0.1, -0.05) is 0 Å². The number of ether oxygens (including phenoxy) is 1. The number of aromatic amines is 1. The Hall–Kier alpha value is -1.07. The molecule has 5 heteroatoms. The van der Waals surface area contributed by atoms with E-state index >= 15 is 0 Å². The first kappa shape index (κ1) is 12.4. The molecule has 0 radical (unpaired) electrons. The number of hydrogen-bond donors (Lipinski definition) is 3. The average Bonchev–Trinajstić information content (AvgIpc) is 2.66. The maximum Gasteiger partial charge on any atom is 0.124 e. The number of aromatic nitrogens is 2. The topological polar surface area (TPSA) is 84.2 Å². The Bertz CT molecular complexity index is 412. The maximum atomic E-state index is 10.4. The largest absolute Gasteiger partial charge is 0.388 e. The van der Waals surface area contributed by atoms with E-state index in [1.165, 1.54) is 0 Å². The predicted octanol–water partition coefficient (Wildman–Crippen LogP) is 1.62. The smallest absolute Gasteiger partial charge is 0.124 e. The van der Waals surface area contributed by atoms with Crippen LogP contribution < -0.4 is 5.73 Å². The third kappa shape index (κ3) is 2.17. The molecule has 1 aromatic rings. The number of aliphatic hydroxyl groups excluding tert-OH is 1. The first-order valence-corrected chi connectivity index (χ1v) is 5.90. The minimum absolute atomic E-state index is 0.0115. The molecule has 1 aliphatic heterocycles. The Kier molecular flexibility index (Phi) is 2.71. The van der Waals surface area contributed by atoms with Crippen LogP contribution in [0.5, 0.6) is 0 Å². The molecule has 4 N–H and O–H groups in total. The van der Waals surface area contributed by atoms with Gasteiger partial charge >= 0.3 is 0 Å². The van der Waals surface area contributed by atoms with Crippen LogP contribution in [0.2, 0.25) is 0 Å². The lowest BCUT2D eigenvalue weighted by Gasteiger charge is -2.30. The molecule has 2 unspecified atom stereocenters. The summed E-state index contributed by atoms with van der Waals surface area (Å²) in [6.07, 6.45) is 1.73. The van der Waals surface area contributed by atoms with Crippen LogP contribution in [0.3, 0.4) is 0 Å². The van der Waals surface area contributed by atoms with Crippen LogP contribution in [0.4, 0.5) is 5.82 Å². The molecule has 17 heavy (non-hydrogen) atoms. The molecule has 1 aromatic heterocycles. The summed E-state index contributed by atoms with van der Waals surface area (Å²) in [5, 5.41) is 16.9. The highest BCUT2D eigenvalue weighted by Crippen LogP contribution is 2.48. The lowest BCUT2D eigenvalue weighted by molar-refractivity contribution is -0.0879. The minimum Gasteiger partial charge on any atom is -0.388 e. The van der Waals surface area contributed by atoms with Crippen LogP contribution >= 0.6 is 0 Å². The zero-order valence-electron chi connectivity index (χ0n) is 10.8. The Labute approximate surface area is 101 Å². The first-order valence-electron chi connectivity index (χ1n) is 5.90. The Morgan fingerprint density at radius 3 is 2.59 bits per heavy atom.